The van der Waals surface area contributed by atoms with Crippen LogP contribution in [0.1, 0.15) is 77.6 Å². The van der Waals surface area contributed by atoms with Crippen molar-refractivity contribution in [3.63, 3.8) is 0 Å². The molecule has 0 bridgehead atoms. The summed E-state index contributed by atoms with van der Waals surface area (Å²) >= 11 is 2.45. The van der Waals surface area contributed by atoms with Gasteiger partial charge in [0.15, 0.2) is 0 Å². The van der Waals surface area contributed by atoms with Gasteiger partial charge in [0.2, 0.25) is 0 Å². The van der Waals surface area contributed by atoms with Crippen LogP contribution in [0.15, 0.2) is 0 Å². The Morgan fingerprint density at radius 3 is 1.72 bits per heavy atom. The van der Waals surface area contributed by atoms with Crippen LogP contribution in [0.5, 0.6) is 0 Å². The van der Waals surface area contributed by atoms with Gasteiger partial charge in [-0.25, -0.2) is 0 Å². The number of carbonyl (C=O) groups excluding carboxylic acids is 1. The van der Waals surface area contributed by atoms with Crippen LogP contribution in [0.2, 0.25) is 0 Å². The third kappa shape index (κ3) is 14.3. The molecule has 0 saturated heterocycles. The van der Waals surface area contributed by atoms with E-state index >= 15 is 0 Å². The molecule has 0 atom stereocenters. The van der Waals surface area contributed by atoms with E-state index in [1.165, 1.54) is 62.2 Å². The van der Waals surface area contributed by atoms with Gasteiger partial charge in [-0.2, -0.15) is 0 Å². The topological polar surface area (TPSA) is 26.3 Å². The normalized spacial score (nSPS) is 10.6. The zero-order chi connectivity index (χ0) is 13.5. The molecule has 0 amide bonds. The summed E-state index contributed by atoms with van der Waals surface area (Å²) in [4.78, 5) is 11.1. The minimum absolute atomic E-state index is 0.0345. The molecule has 0 N–H and O–H groups in total. The van der Waals surface area contributed by atoms with Crippen LogP contribution in [0, 0.1) is 0 Å². The zero-order valence-corrected chi connectivity index (χ0v) is 14.0. The summed E-state index contributed by atoms with van der Waals surface area (Å²) < 4.78 is 6.20. The van der Waals surface area contributed by atoms with Crippen molar-refractivity contribution >= 4 is 28.6 Å². The summed E-state index contributed by atoms with van der Waals surface area (Å²) in [6, 6.07) is 0. The van der Waals surface area contributed by atoms with E-state index in [9.17, 15) is 4.79 Å². The summed E-state index contributed by atoms with van der Waals surface area (Å²) in [5, 5.41) is 0. The molecule has 0 aromatic heterocycles. The molecule has 0 fully saturated rings. The second-order valence-electron chi connectivity index (χ2n) is 4.78. The highest BCUT2D eigenvalue weighted by Gasteiger charge is 2.00. The van der Waals surface area contributed by atoms with Crippen LogP contribution in [-0.4, -0.2) is 17.0 Å². The van der Waals surface area contributed by atoms with Crippen molar-refractivity contribution in [2.24, 2.45) is 0 Å². The molecule has 2 nitrogen and oxygen atoms in total. The molecule has 108 valence electrons. The quantitative estimate of drug-likeness (QED) is 0.191. The Labute approximate surface area is 126 Å². The van der Waals surface area contributed by atoms with E-state index in [1.54, 1.807) is 0 Å². The Kier molecular flexibility index (Phi) is 15.4. The van der Waals surface area contributed by atoms with Gasteiger partial charge in [-0.05, 0) is 24.2 Å². The van der Waals surface area contributed by atoms with Gasteiger partial charge in [0.05, 0.1) is 6.61 Å². The lowest BCUT2D eigenvalue weighted by Crippen LogP contribution is -2.03. The zero-order valence-electron chi connectivity index (χ0n) is 11.9. The van der Waals surface area contributed by atoms with Crippen molar-refractivity contribution in [2.75, 3.05) is 11.0 Å². The average Bonchev–Trinajstić information content (AvgIpc) is 2.36. The number of unbranched alkanes of at least 4 members (excludes halogenated alkanes) is 9. The molecule has 0 aromatic rings. The van der Waals surface area contributed by atoms with E-state index in [0.717, 1.165) is 6.42 Å². The lowest BCUT2D eigenvalue weighted by Gasteiger charge is -2.03. The molecule has 0 heterocycles. The molecule has 0 spiro atoms. The molecule has 18 heavy (non-hydrogen) atoms. The predicted octanol–water partition coefficient (Wildman–Crippen LogP) is 5.28. The molecule has 0 unspecified atom stereocenters. The highest BCUT2D eigenvalue weighted by Crippen LogP contribution is 2.11. The number of rotatable bonds is 13. The van der Waals surface area contributed by atoms with Gasteiger partial charge in [0.1, 0.15) is 0 Å². The second kappa shape index (κ2) is 15.3. The number of alkyl halides is 1. The molecule has 0 aromatic carbocycles. The maximum atomic E-state index is 11.1. The van der Waals surface area contributed by atoms with Crippen LogP contribution in [0.25, 0.3) is 0 Å². The van der Waals surface area contributed by atoms with E-state index in [1.807, 2.05) is 6.92 Å². The SMILES string of the molecule is CCOC(=O)CCCCCCCCCCCCI. The maximum Gasteiger partial charge on any atom is 0.305 e. The number of carbonyl (C=O) groups is 1. The number of halogens is 1. The first-order chi connectivity index (χ1) is 8.81. The van der Waals surface area contributed by atoms with Crippen molar-refractivity contribution in [1.82, 2.24) is 0 Å². The van der Waals surface area contributed by atoms with Crippen LogP contribution in [0.4, 0.5) is 0 Å². The third-order valence-corrected chi connectivity index (χ3v) is 3.83. The first kappa shape index (κ1) is 18.2. The van der Waals surface area contributed by atoms with E-state index in [4.69, 9.17) is 4.74 Å². The summed E-state index contributed by atoms with van der Waals surface area (Å²) in [6.07, 6.45) is 13.7. The Hall–Kier alpha value is 0.200. The molecule has 0 aliphatic rings. The van der Waals surface area contributed by atoms with Crippen molar-refractivity contribution in [3.8, 4) is 0 Å². The van der Waals surface area contributed by atoms with E-state index in [-0.39, 0.29) is 5.97 Å². The van der Waals surface area contributed by atoms with Gasteiger partial charge < -0.3 is 4.74 Å². The monoisotopic (exact) mass is 368 g/mol. The summed E-state index contributed by atoms with van der Waals surface area (Å²) in [5.74, 6) is -0.0345. The van der Waals surface area contributed by atoms with E-state index in [2.05, 4.69) is 22.6 Å². The lowest BCUT2D eigenvalue weighted by molar-refractivity contribution is -0.143. The fourth-order valence-electron chi connectivity index (χ4n) is 2.01. The van der Waals surface area contributed by atoms with E-state index in [0.29, 0.717) is 13.0 Å². The first-order valence-electron chi connectivity index (χ1n) is 7.52. The van der Waals surface area contributed by atoms with Crippen LogP contribution >= 0.6 is 22.6 Å². The highest BCUT2D eigenvalue weighted by molar-refractivity contribution is 14.1. The number of hydrogen-bond donors (Lipinski definition) is 0. The molecule has 0 aliphatic carbocycles. The van der Waals surface area contributed by atoms with Gasteiger partial charge in [-0.15, -0.1) is 0 Å². The van der Waals surface area contributed by atoms with Crippen molar-refractivity contribution in [2.45, 2.75) is 77.6 Å². The van der Waals surface area contributed by atoms with Gasteiger partial charge in [0.25, 0.3) is 0 Å². The van der Waals surface area contributed by atoms with Crippen molar-refractivity contribution in [3.05, 3.63) is 0 Å². The van der Waals surface area contributed by atoms with Gasteiger partial charge in [0, 0.05) is 6.42 Å². The van der Waals surface area contributed by atoms with Crippen molar-refractivity contribution < 1.29 is 9.53 Å². The largest absolute Gasteiger partial charge is 0.466 e. The molecule has 0 radical (unpaired) electrons. The first-order valence-corrected chi connectivity index (χ1v) is 9.05. The molecular formula is C15H29IO2. The van der Waals surface area contributed by atoms with Gasteiger partial charge in [-0.3, -0.25) is 4.79 Å². The Balaban J connectivity index is 3.01. The third-order valence-electron chi connectivity index (χ3n) is 3.07. The second-order valence-corrected chi connectivity index (χ2v) is 5.86. The fourth-order valence-corrected chi connectivity index (χ4v) is 2.55. The van der Waals surface area contributed by atoms with Gasteiger partial charge >= 0.3 is 5.97 Å². The summed E-state index contributed by atoms with van der Waals surface area (Å²) in [7, 11) is 0. The Morgan fingerprint density at radius 1 is 0.833 bits per heavy atom. The lowest BCUT2D eigenvalue weighted by atomic mass is 10.1. The predicted molar refractivity (Wildman–Crippen MR) is 86.3 cm³/mol. The highest BCUT2D eigenvalue weighted by atomic mass is 127. The molecule has 0 saturated carbocycles. The molecule has 3 heteroatoms. The average molecular weight is 368 g/mol. The Morgan fingerprint density at radius 2 is 1.28 bits per heavy atom. The Bertz CT molecular complexity index is 183. The van der Waals surface area contributed by atoms with E-state index < -0.39 is 0 Å². The number of hydrogen-bond acceptors (Lipinski definition) is 2. The smallest absolute Gasteiger partial charge is 0.305 e. The van der Waals surface area contributed by atoms with Crippen LogP contribution < -0.4 is 0 Å². The van der Waals surface area contributed by atoms with Crippen molar-refractivity contribution in [1.29, 1.82) is 0 Å². The number of ether oxygens (including phenoxy) is 1. The number of esters is 1. The minimum atomic E-state index is -0.0345. The van der Waals surface area contributed by atoms with Gasteiger partial charge in [-0.1, -0.05) is 74.0 Å². The molecular weight excluding hydrogens is 339 g/mol. The van der Waals surface area contributed by atoms with Crippen LogP contribution in [0.3, 0.4) is 0 Å². The molecule has 0 rings (SSSR count). The van der Waals surface area contributed by atoms with Crippen LogP contribution in [-0.2, 0) is 9.53 Å². The molecule has 0 aliphatic heterocycles. The standard InChI is InChI=1S/C15H29IO2/c1-2-18-15(17)13-11-9-7-5-3-4-6-8-10-12-14-16/h2-14H2,1H3. The fraction of sp³-hybridized carbons (Fsp3) is 0.933. The minimum Gasteiger partial charge on any atom is -0.466 e. The summed E-state index contributed by atoms with van der Waals surface area (Å²) in [5.41, 5.74) is 0. The summed E-state index contributed by atoms with van der Waals surface area (Å²) in [6.45, 7) is 2.37. The maximum absolute atomic E-state index is 11.1.